The number of para-hydroxylation sites is 1. The Bertz CT molecular complexity index is 781. The molecule has 134 valence electrons. The average molecular weight is 340 g/mol. The average Bonchev–Trinajstić information content (AvgIpc) is 2.63. The number of benzene rings is 1. The van der Waals surface area contributed by atoms with E-state index in [1.165, 1.54) is 10.9 Å². The smallest absolute Gasteiger partial charge is 0.191 e. The lowest BCUT2D eigenvalue weighted by Crippen LogP contribution is -2.69. The zero-order valence-corrected chi connectivity index (χ0v) is 15.8. The van der Waals surface area contributed by atoms with Crippen molar-refractivity contribution in [2.75, 3.05) is 14.2 Å². The molecular weight excluding hydrogens is 312 g/mol. The number of methoxy groups -OCH3 is 1. The Balaban J connectivity index is 1.66. The fraction of sp³-hybridized carbons (Fsp3) is 0.500. The van der Waals surface area contributed by atoms with Crippen LogP contribution in [-0.4, -0.2) is 36.7 Å². The van der Waals surface area contributed by atoms with Crippen LogP contribution in [0.3, 0.4) is 0 Å². The Kier molecular flexibility index (Phi) is 4.69. The Labute approximate surface area is 149 Å². The number of nitrogens with zero attached hydrogens (tertiary/aromatic N) is 2. The van der Waals surface area contributed by atoms with E-state index < -0.39 is 0 Å². The zero-order valence-electron chi connectivity index (χ0n) is 15.8. The van der Waals surface area contributed by atoms with Crippen molar-refractivity contribution in [1.29, 1.82) is 0 Å². The molecule has 1 heterocycles. The first-order valence-electron chi connectivity index (χ1n) is 8.76. The highest BCUT2D eigenvalue weighted by Crippen LogP contribution is 2.51. The molecule has 1 aliphatic rings. The molecule has 5 heteroatoms. The molecule has 1 aromatic carbocycles. The van der Waals surface area contributed by atoms with Gasteiger partial charge in [0.1, 0.15) is 0 Å². The summed E-state index contributed by atoms with van der Waals surface area (Å²) < 4.78 is 5.70. The summed E-state index contributed by atoms with van der Waals surface area (Å²) in [4.78, 5) is 8.80. The standard InChI is InChI=1S/C20H28N4O/c1-19(2)17(12-20(19,3)25-5)24-18(21-4)23-13-14-10-11-22-16-9-7-6-8-15(14)16/h6-11,17H,12-13H2,1-5H3,(H2,21,23,24). The first-order valence-corrected chi connectivity index (χ1v) is 8.76. The van der Waals surface area contributed by atoms with Crippen LogP contribution in [-0.2, 0) is 11.3 Å². The summed E-state index contributed by atoms with van der Waals surface area (Å²) in [6.07, 6.45) is 2.82. The van der Waals surface area contributed by atoms with Crippen LogP contribution in [0.1, 0.15) is 32.8 Å². The molecule has 0 bridgehead atoms. The van der Waals surface area contributed by atoms with Gasteiger partial charge in [-0.3, -0.25) is 9.98 Å². The number of rotatable bonds is 4. The molecule has 0 spiro atoms. The molecule has 1 saturated carbocycles. The minimum atomic E-state index is -0.0924. The molecule has 1 aliphatic carbocycles. The molecular formula is C20H28N4O. The maximum atomic E-state index is 5.70. The number of hydrogen-bond acceptors (Lipinski definition) is 3. The van der Waals surface area contributed by atoms with E-state index in [9.17, 15) is 0 Å². The summed E-state index contributed by atoms with van der Waals surface area (Å²) in [5.41, 5.74) is 2.18. The summed E-state index contributed by atoms with van der Waals surface area (Å²) >= 11 is 0. The molecule has 0 saturated heterocycles. The number of aromatic nitrogens is 1. The van der Waals surface area contributed by atoms with E-state index in [1.54, 1.807) is 14.2 Å². The highest BCUT2D eigenvalue weighted by atomic mass is 16.5. The lowest BCUT2D eigenvalue weighted by atomic mass is 9.56. The monoisotopic (exact) mass is 340 g/mol. The second kappa shape index (κ2) is 6.64. The largest absolute Gasteiger partial charge is 0.378 e. The van der Waals surface area contributed by atoms with Gasteiger partial charge in [-0.2, -0.15) is 0 Å². The fourth-order valence-electron chi connectivity index (χ4n) is 3.57. The third-order valence-electron chi connectivity index (χ3n) is 6.00. The van der Waals surface area contributed by atoms with Gasteiger partial charge in [0, 0.05) is 43.7 Å². The van der Waals surface area contributed by atoms with Crippen LogP contribution in [0.2, 0.25) is 0 Å². The van der Waals surface area contributed by atoms with Crippen molar-refractivity contribution in [2.24, 2.45) is 10.4 Å². The number of aliphatic imine (C=N–C) groups is 1. The lowest BCUT2D eigenvalue weighted by Gasteiger charge is -2.59. The number of nitrogens with one attached hydrogen (secondary N) is 2. The molecule has 2 aromatic rings. The number of pyridine rings is 1. The minimum absolute atomic E-state index is 0.0444. The van der Waals surface area contributed by atoms with Gasteiger partial charge in [0.05, 0.1) is 11.1 Å². The number of fused-ring (bicyclic) bond motifs is 1. The van der Waals surface area contributed by atoms with Gasteiger partial charge in [0.2, 0.25) is 0 Å². The van der Waals surface area contributed by atoms with Gasteiger partial charge >= 0.3 is 0 Å². The van der Waals surface area contributed by atoms with Crippen molar-refractivity contribution in [2.45, 2.75) is 45.4 Å². The van der Waals surface area contributed by atoms with Crippen molar-refractivity contribution < 1.29 is 4.74 Å². The Morgan fingerprint density at radius 1 is 1.28 bits per heavy atom. The number of hydrogen-bond donors (Lipinski definition) is 2. The molecule has 2 unspecified atom stereocenters. The van der Waals surface area contributed by atoms with Gasteiger partial charge in [0.25, 0.3) is 0 Å². The van der Waals surface area contributed by atoms with Crippen molar-refractivity contribution >= 4 is 16.9 Å². The van der Waals surface area contributed by atoms with E-state index >= 15 is 0 Å². The normalized spacial score (nSPS) is 25.5. The molecule has 2 atom stereocenters. The van der Waals surface area contributed by atoms with E-state index in [1.807, 2.05) is 24.4 Å². The molecule has 1 fully saturated rings. The topological polar surface area (TPSA) is 58.5 Å². The highest BCUT2D eigenvalue weighted by molar-refractivity contribution is 5.84. The van der Waals surface area contributed by atoms with Crippen LogP contribution in [0, 0.1) is 5.41 Å². The third-order valence-corrected chi connectivity index (χ3v) is 6.00. The van der Waals surface area contributed by atoms with Crippen molar-refractivity contribution in [1.82, 2.24) is 15.6 Å². The molecule has 5 nitrogen and oxygen atoms in total. The summed E-state index contributed by atoms with van der Waals surface area (Å²) in [6.45, 7) is 7.35. The van der Waals surface area contributed by atoms with E-state index in [-0.39, 0.29) is 11.0 Å². The summed E-state index contributed by atoms with van der Waals surface area (Å²) in [7, 11) is 3.60. The van der Waals surface area contributed by atoms with Crippen molar-refractivity contribution in [3.8, 4) is 0 Å². The van der Waals surface area contributed by atoms with Gasteiger partial charge in [-0.05, 0) is 31.0 Å². The second-order valence-electron chi connectivity index (χ2n) is 7.47. The second-order valence-corrected chi connectivity index (χ2v) is 7.47. The summed E-state index contributed by atoms with van der Waals surface area (Å²) in [5.74, 6) is 0.817. The van der Waals surface area contributed by atoms with Crippen LogP contribution >= 0.6 is 0 Å². The van der Waals surface area contributed by atoms with Gasteiger partial charge in [-0.25, -0.2) is 0 Å². The Hall–Kier alpha value is -2.14. The Morgan fingerprint density at radius 3 is 2.72 bits per heavy atom. The van der Waals surface area contributed by atoms with Crippen LogP contribution in [0.5, 0.6) is 0 Å². The van der Waals surface area contributed by atoms with Crippen LogP contribution < -0.4 is 10.6 Å². The number of ether oxygens (including phenoxy) is 1. The minimum Gasteiger partial charge on any atom is -0.378 e. The molecule has 3 rings (SSSR count). The maximum absolute atomic E-state index is 5.70. The number of guanidine groups is 1. The fourth-order valence-corrected chi connectivity index (χ4v) is 3.57. The highest BCUT2D eigenvalue weighted by Gasteiger charge is 2.58. The maximum Gasteiger partial charge on any atom is 0.191 e. The molecule has 2 N–H and O–H groups in total. The first kappa shape index (κ1) is 17.7. The third kappa shape index (κ3) is 3.09. The van der Waals surface area contributed by atoms with Crippen LogP contribution in [0.25, 0.3) is 10.9 Å². The molecule has 1 aromatic heterocycles. The van der Waals surface area contributed by atoms with E-state index in [0.717, 1.165) is 17.9 Å². The summed E-state index contributed by atoms with van der Waals surface area (Å²) in [6, 6.07) is 10.6. The van der Waals surface area contributed by atoms with Gasteiger partial charge < -0.3 is 15.4 Å². The van der Waals surface area contributed by atoms with Crippen molar-refractivity contribution in [3.63, 3.8) is 0 Å². The van der Waals surface area contributed by atoms with Crippen LogP contribution in [0.4, 0.5) is 0 Å². The Morgan fingerprint density at radius 2 is 2.04 bits per heavy atom. The molecule has 0 aliphatic heterocycles. The van der Waals surface area contributed by atoms with Crippen molar-refractivity contribution in [3.05, 3.63) is 42.1 Å². The van der Waals surface area contributed by atoms with E-state index in [0.29, 0.717) is 12.6 Å². The predicted molar refractivity (Wildman–Crippen MR) is 103 cm³/mol. The van der Waals surface area contributed by atoms with Gasteiger partial charge in [0.15, 0.2) is 5.96 Å². The van der Waals surface area contributed by atoms with Gasteiger partial charge in [-0.1, -0.05) is 32.0 Å². The molecule has 0 radical (unpaired) electrons. The first-order chi connectivity index (χ1) is 11.9. The van der Waals surface area contributed by atoms with Crippen LogP contribution in [0.15, 0.2) is 41.5 Å². The summed E-state index contributed by atoms with van der Waals surface area (Å²) in [5, 5.41) is 8.15. The molecule has 25 heavy (non-hydrogen) atoms. The quantitative estimate of drug-likeness (QED) is 0.663. The lowest BCUT2D eigenvalue weighted by molar-refractivity contribution is -0.176. The zero-order chi connectivity index (χ0) is 18.1. The van der Waals surface area contributed by atoms with E-state index in [2.05, 4.69) is 53.5 Å². The van der Waals surface area contributed by atoms with E-state index in [4.69, 9.17) is 4.74 Å². The SMILES string of the molecule is CN=C(NCc1ccnc2ccccc12)NC1CC(C)(OC)C1(C)C. The molecule has 0 amide bonds. The van der Waals surface area contributed by atoms with Gasteiger partial charge in [-0.15, -0.1) is 0 Å². The predicted octanol–water partition coefficient (Wildman–Crippen LogP) is 3.10.